The zero-order chi connectivity index (χ0) is 10.6. The van der Waals surface area contributed by atoms with Crippen LogP contribution in [0.3, 0.4) is 0 Å². The largest absolute Gasteiger partial charge is 0.548 e. The topological polar surface area (TPSA) is 156 Å². The first kappa shape index (κ1) is 8.82. The fraction of sp³-hybridized carbons (Fsp3) is 1.00. The summed E-state index contributed by atoms with van der Waals surface area (Å²) in [6.45, 7) is 0. The van der Waals surface area contributed by atoms with Crippen LogP contribution in [0.25, 0.3) is 0 Å². The molecule has 2 unspecified atom stereocenters. The molecule has 12 heteroatoms. The first-order valence-corrected chi connectivity index (χ1v) is 3.14. The van der Waals surface area contributed by atoms with Crippen LogP contribution in [0.1, 0.15) is 0 Å². The Bertz CT molecular complexity index is 354. The molecule has 1 saturated heterocycles. The molecule has 2 atom stereocenters. The van der Waals surface area contributed by atoms with E-state index in [0.29, 0.717) is 0 Å². The zero-order valence-electron chi connectivity index (χ0n) is 6.22. The molecule has 0 amide bonds. The maximum atomic E-state index is 10.5. The Morgan fingerprint density at radius 2 is 2.00 bits per heavy atom. The van der Waals surface area contributed by atoms with Crippen molar-refractivity contribution in [3.8, 4) is 0 Å². The van der Waals surface area contributed by atoms with Crippen LogP contribution in [0.4, 0.5) is 0 Å². The van der Waals surface area contributed by atoms with Crippen molar-refractivity contribution in [2.75, 3.05) is 0 Å². The van der Waals surface area contributed by atoms with Gasteiger partial charge in [-0.2, -0.15) is 4.94 Å². The van der Waals surface area contributed by atoms with Crippen LogP contribution in [-0.4, -0.2) is 31.9 Å². The van der Waals surface area contributed by atoms with Crippen LogP contribution in [-0.2, 0) is 4.94 Å². The highest BCUT2D eigenvalue weighted by atomic mass is 17.0. The molecule has 12 nitrogen and oxygen atoms in total. The van der Waals surface area contributed by atoms with Gasteiger partial charge in [0.25, 0.3) is 0 Å². The summed E-state index contributed by atoms with van der Waals surface area (Å²) in [6, 6.07) is 0. The SMILES string of the molecule is O=[N+]([O-])C12N=NC1([N+](=O)[O-])N(O)ON2. The minimum atomic E-state index is -2.75. The quantitative estimate of drug-likeness (QED) is 0.406. The van der Waals surface area contributed by atoms with E-state index in [9.17, 15) is 20.2 Å². The predicted molar refractivity (Wildman–Crippen MR) is 32.2 cm³/mol. The molecule has 0 bridgehead atoms. The lowest BCUT2D eigenvalue weighted by Crippen LogP contribution is -2.71. The lowest BCUT2D eigenvalue weighted by Gasteiger charge is -2.27. The average Bonchev–Trinajstić information content (AvgIpc) is 2.20. The summed E-state index contributed by atoms with van der Waals surface area (Å²) in [5, 5.41) is 35.4. The molecule has 14 heavy (non-hydrogen) atoms. The number of rotatable bonds is 2. The van der Waals surface area contributed by atoms with Crippen molar-refractivity contribution >= 4 is 0 Å². The van der Waals surface area contributed by atoms with E-state index in [0.717, 1.165) is 0 Å². The van der Waals surface area contributed by atoms with E-state index in [4.69, 9.17) is 5.21 Å². The minimum Gasteiger partial charge on any atom is -0.280 e. The molecule has 1 fully saturated rings. The molecule has 0 aliphatic carbocycles. The summed E-state index contributed by atoms with van der Waals surface area (Å²) >= 11 is 0. The molecule has 0 aromatic rings. The standard InChI is InChI=1S/C2H2N6O6/c9-6(10)1-2(4-3-1,7(11)12)8(13)14-5-1/h5,13H. The van der Waals surface area contributed by atoms with Crippen molar-refractivity contribution < 1.29 is 20.0 Å². The van der Waals surface area contributed by atoms with Gasteiger partial charge < -0.3 is 0 Å². The normalized spacial score (nSPS) is 40.4. The van der Waals surface area contributed by atoms with Crippen LogP contribution < -0.4 is 5.48 Å². The average molecular weight is 206 g/mol. The van der Waals surface area contributed by atoms with Gasteiger partial charge in [-0.15, -0.1) is 0 Å². The molecule has 0 saturated carbocycles. The van der Waals surface area contributed by atoms with Gasteiger partial charge in [0.05, 0.1) is 15.1 Å². The highest BCUT2D eigenvalue weighted by Crippen LogP contribution is 2.44. The minimum absolute atomic E-state index is 0.358. The van der Waals surface area contributed by atoms with Crippen molar-refractivity contribution in [2.24, 2.45) is 10.2 Å². The number of azo groups is 1. The van der Waals surface area contributed by atoms with Gasteiger partial charge in [0.1, 0.15) is 0 Å². The van der Waals surface area contributed by atoms with Gasteiger partial charge in [0.2, 0.25) is 0 Å². The van der Waals surface area contributed by atoms with Gasteiger partial charge in [-0.05, 0) is 0 Å². The maximum Gasteiger partial charge on any atom is 0.548 e. The lowest BCUT2D eigenvalue weighted by molar-refractivity contribution is -0.732. The Balaban J connectivity index is 2.53. The summed E-state index contributed by atoms with van der Waals surface area (Å²) in [6.07, 6.45) is 0. The molecule has 0 radical (unpaired) electrons. The predicted octanol–water partition coefficient (Wildman–Crippen LogP) is -1.55. The second-order valence-electron chi connectivity index (χ2n) is 2.49. The summed E-state index contributed by atoms with van der Waals surface area (Å²) in [4.78, 5) is 22.8. The smallest absolute Gasteiger partial charge is 0.280 e. The van der Waals surface area contributed by atoms with E-state index in [-0.39, 0.29) is 5.23 Å². The number of hydroxylamine groups is 3. The Labute approximate surface area is 73.9 Å². The van der Waals surface area contributed by atoms with Gasteiger partial charge in [-0.1, -0.05) is 15.7 Å². The van der Waals surface area contributed by atoms with E-state index >= 15 is 0 Å². The third-order valence-corrected chi connectivity index (χ3v) is 1.86. The summed E-state index contributed by atoms with van der Waals surface area (Å²) in [5.74, 6) is -5.35. The number of nitrogens with zero attached hydrogens (tertiary/aromatic N) is 5. The Morgan fingerprint density at radius 3 is 2.29 bits per heavy atom. The molecule has 0 spiro atoms. The number of nitrogens with one attached hydrogen (secondary N) is 1. The monoisotopic (exact) mass is 206 g/mol. The lowest BCUT2D eigenvalue weighted by atomic mass is 10.2. The third-order valence-electron chi connectivity index (χ3n) is 1.86. The van der Waals surface area contributed by atoms with E-state index in [1.165, 1.54) is 0 Å². The zero-order valence-corrected chi connectivity index (χ0v) is 6.22. The van der Waals surface area contributed by atoms with Gasteiger partial charge in [-0.3, -0.25) is 25.4 Å². The molecule has 0 aromatic carbocycles. The number of nitro groups is 2. The van der Waals surface area contributed by atoms with Crippen molar-refractivity contribution in [3.63, 3.8) is 0 Å². The first-order chi connectivity index (χ1) is 6.47. The molecule has 76 valence electrons. The molecular formula is C2H2N6O6. The summed E-state index contributed by atoms with van der Waals surface area (Å²) in [7, 11) is 0. The molecular weight excluding hydrogens is 204 g/mol. The Kier molecular flexibility index (Phi) is 1.38. The Hall–Kier alpha value is -1.76. The maximum absolute atomic E-state index is 10.5. The molecule has 2 aliphatic heterocycles. The molecule has 2 rings (SSSR count). The van der Waals surface area contributed by atoms with Crippen LogP contribution in [0.15, 0.2) is 10.2 Å². The third kappa shape index (κ3) is 0.598. The van der Waals surface area contributed by atoms with Crippen LogP contribution in [0.2, 0.25) is 0 Å². The fourth-order valence-electron chi connectivity index (χ4n) is 1.10. The van der Waals surface area contributed by atoms with E-state index < -0.39 is 21.4 Å². The summed E-state index contributed by atoms with van der Waals surface area (Å²) in [5.41, 5.74) is 1.62. The highest BCUT2D eigenvalue weighted by Gasteiger charge is 2.90. The molecule has 2 aliphatic rings. The van der Waals surface area contributed by atoms with Crippen molar-refractivity contribution in [1.29, 1.82) is 0 Å². The molecule has 2 heterocycles. The van der Waals surface area contributed by atoms with E-state index in [1.807, 2.05) is 0 Å². The van der Waals surface area contributed by atoms with Gasteiger partial charge >= 0.3 is 11.6 Å². The first-order valence-electron chi connectivity index (χ1n) is 3.14. The van der Waals surface area contributed by atoms with Gasteiger partial charge in [0, 0.05) is 0 Å². The van der Waals surface area contributed by atoms with Gasteiger partial charge in [-0.25, -0.2) is 0 Å². The molecule has 2 N–H and O–H groups in total. The fourth-order valence-corrected chi connectivity index (χ4v) is 1.10. The van der Waals surface area contributed by atoms with Crippen molar-refractivity contribution in [2.45, 2.75) is 11.6 Å². The number of hydrogen-bond acceptors (Lipinski definition) is 10. The van der Waals surface area contributed by atoms with Crippen molar-refractivity contribution in [3.05, 3.63) is 20.2 Å². The summed E-state index contributed by atoms with van der Waals surface area (Å²) < 4.78 is 0. The number of hydrogen-bond donors (Lipinski definition) is 2. The van der Waals surface area contributed by atoms with Crippen LogP contribution >= 0.6 is 0 Å². The van der Waals surface area contributed by atoms with Gasteiger partial charge in [0.15, 0.2) is 0 Å². The second kappa shape index (κ2) is 2.18. The molecule has 0 aromatic heterocycles. The Morgan fingerprint density at radius 1 is 1.36 bits per heavy atom. The number of fused-ring (bicyclic) bond motifs is 1. The van der Waals surface area contributed by atoms with Crippen molar-refractivity contribution in [1.82, 2.24) is 10.7 Å². The highest BCUT2D eigenvalue weighted by molar-refractivity contribution is 4.98. The van der Waals surface area contributed by atoms with E-state index in [1.54, 1.807) is 5.48 Å². The van der Waals surface area contributed by atoms with E-state index in [2.05, 4.69) is 15.2 Å². The second-order valence-corrected chi connectivity index (χ2v) is 2.49. The van der Waals surface area contributed by atoms with Crippen LogP contribution in [0, 0.1) is 20.2 Å². The van der Waals surface area contributed by atoms with Crippen LogP contribution in [0.5, 0.6) is 0 Å².